The standard InChI is InChI=1S/C16H13F2N3O2/c1-2-9-19-15(22)12-7-4-8-13(20-12)16(23)21-14-10(17)5-3-6-11(14)18/h2-8H,1,9H2,(H,19,22)(H,21,23). The van der Waals surface area contributed by atoms with E-state index in [1.165, 1.54) is 30.3 Å². The van der Waals surface area contributed by atoms with Crippen molar-refractivity contribution in [1.82, 2.24) is 10.3 Å². The highest BCUT2D eigenvalue weighted by atomic mass is 19.1. The number of nitrogens with one attached hydrogen (secondary N) is 2. The molecule has 2 amide bonds. The molecule has 7 heteroatoms. The number of hydrogen-bond acceptors (Lipinski definition) is 3. The molecule has 1 aromatic carbocycles. The van der Waals surface area contributed by atoms with Gasteiger partial charge in [-0.3, -0.25) is 9.59 Å². The molecule has 0 atom stereocenters. The molecular weight excluding hydrogens is 304 g/mol. The first-order valence-electron chi connectivity index (χ1n) is 6.64. The summed E-state index contributed by atoms with van der Waals surface area (Å²) in [5.41, 5.74) is -0.701. The van der Waals surface area contributed by atoms with Gasteiger partial charge in [0.2, 0.25) is 0 Å². The number of aromatic nitrogens is 1. The Morgan fingerprint density at radius 2 is 1.61 bits per heavy atom. The average Bonchev–Trinajstić information content (AvgIpc) is 2.56. The molecule has 1 aromatic heterocycles. The molecule has 23 heavy (non-hydrogen) atoms. The summed E-state index contributed by atoms with van der Waals surface area (Å²) < 4.78 is 27.0. The van der Waals surface area contributed by atoms with Crippen LogP contribution in [-0.2, 0) is 0 Å². The summed E-state index contributed by atoms with van der Waals surface area (Å²) >= 11 is 0. The van der Waals surface area contributed by atoms with E-state index in [0.717, 1.165) is 12.1 Å². The third kappa shape index (κ3) is 3.97. The van der Waals surface area contributed by atoms with Crippen molar-refractivity contribution in [2.24, 2.45) is 0 Å². The van der Waals surface area contributed by atoms with Gasteiger partial charge in [-0.05, 0) is 24.3 Å². The quantitative estimate of drug-likeness (QED) is 0.833. The van der Waals surface area contributed by atoms with Gasteiger partial charge in [0.15, 0.2) is 0 Å². The minimum Gasteiger partial charge on any atom is -0.347 e. The van der Waals surface area contributed by atoms with Crippen molar-refractivity contribution in [2.75, 3.05) is 11.9 Å². The van der Waals surface area contributed by atoms with Gasteiger partial charge in [0.25, 0.3) is 11.8 Å². The summed E-state index contributed by atoms with van der Waals surface area (Å²) in [7, 11) is 0. The molecule has 0 radical (unpaired) electrons. The molecule has 0 aliphatic rings. The topological polar surface area (TPSA) is 71.1 Å². The lowest BCUT2D eigenvalue weighted by Crippen LogP contribution is -2.25. The Morgan fingerprint density at radius 1 is 1.04 bits per heavy atom. The van der Waals surface area contributed by atoms with Crippen molar-refractivity contribution >= 4 is 17.5 Å². The van der Waals surface area contributed by atoms with E-state index >= 15 is 0 Å². The van der Waals surface area contributed by atoms with Crippen molar-refractivity contribution in [3.05, 3.63) is 72.1 Å². The summed E-state index contributed by atoms with van der Waals surface area (Å²) in [5, 5.41) is 4.62. The normalized spacial score (nSPS) is 10.0. The van der Waals surface area contributed by atoms with Crippen LogP contribution in [0.5, 0.6) is 0 Å². The van der Waals surface area contributed by atoms with Crippen LogP contribution in [0, 0.1) is 11.6 Å². The molecule has 0 aliphatic carbocycles. The number of nitrogens with zero attached hydrogens (tertiary/aromatic N) is 1. The van der Waals surface area contributed by atoms with E-state index in [0.29, 0.717) is 0 Å². The maximum absolute atomic E-state index is 13.5. The van der Waals surface area contributed by atoms with Crippen LogP contribution in [0.25, 0.3) is 0 Å². The smallest absolute Gasteiger partial charge is 0.274 e. The van der Waals surface area contributed by atoms with Crippen molar-refractivity contribution in [3.8, 4) is 0 Å². The van der Waals surface area contributed by atoms with Gasteiger partial charge in [-0.15, -0.1) is 6.58 Å². The number of anilines is 1. The van der Waals surface area contributed by atoms with Gasteiger partial charge < -0.3 is 10.6 Å². The summed E-state index contributed by atoms with van der Waals surface area (Å²) in [5.74, 6) is -3.12. The number of pyridine rings is 1. The molecule has 0 unspecified atom stereocenters. The average molecular weight is 317 g/mol. The summed E-state index contributed by atoms with van der Waals surface area (Å²) in [6.07, 6.45) is 1.50. The Morgan fingerprint density at radius 3 is 2.22 bits per heavy atom. The monoisotopic (exact) mass is 317 g/mol. The third-order valence-corrected chi connectivity index (χ3v) is 2.82. The van der Waals surface area contributed by atoms with Gasteiger partial charge in [-0.25, -0.2) is 13.8 Å². The lowest BCUT2D eigenvalue weighted by Gasteiger charge is -2.08. The second-order valence-electron chi connectivity index (χ2n) is 4.46. The minimum absolute atomic E-state index is 0.00788. The van der Waals surface area contributed by atoms with Gasteiger partial charge in [0, 0.05) is 6.54 Å². The predicted molar refractivity (Wildman–Crippen MR) is 81.1 cm³/mol. The van der Waals surface area contributed by atoms with Gasteiger partial charge in [-0.1, -0.05) is 18.2 Å². The Hall–Kier alpha value is -3.09. The first-order chi connectivity index (χ1) is 11.0. The minimum atomic E-state index is -0.904. The maximum atomic E-state index is 13.5. The molecule has 118 valence electrons. The van der Waals surface area contributed by atoms with Gasteiger partial charge in [-0.2, -0.15) is 0 Å². The summed E-state index contributed by atoms with van der Waals surface area (Å²) in [6.45, 7) is 3.71. The number of carbonyl (C=O) groups is 2. The van der Waals surface area contributed by atoms with E-state index in [1.807, 2.05) is 0 Å². The SMILES string of the molecule is C=CCNC(=O)c1cccc(C(=O)Nc2c(F)cccc2F)n1. The van der Waals surface area contributed by atoms with Crippen molar-refractivity contribution < 1.29 is 18.4 Å². The molecule has 0 saturated heterocycles. The van der Waals surface area contributed by atoms with Gasteiger partial charge in [0.05, 0.1) is 0 Å². The Balaban J connectivity index is 2.20. The second kappa shape index (κ2) is 7.26. The highest BCUT2D eigenvalue weighted by Crippen LogP contribution is 2.18. The number of halogens is 2. The Bertz CT molecular complexity index is 742. The predicted octanol–water partition coefficient (Wildman–Crippen LogP) is 2.53. The van der Waals surface area contributed by atoms with Crippen LogP contribution in [0.2, 0.25) is 0 Å². The number of para-hydroxylation sites is 1. The Labute approximate surface area is 131 Å². The third-order valence-electron chi connectivity index (χ3n) is 2.82. The lowest BCUT2D eigenvalue weighted by atomic mass is 10.2. The molecule has 2 aromatic rings. The summed E-state index contributed by atoms with van der Waals surface area (Å²) in [4.78, 5) is 27.7. The molecule has 0 saturated carbocycles. The van der Waals surface area contributed by atoms with Crippen LogP contribution in [0.1, 0.15) is 21.0 Å². The van der Waals surface area contributed by atoms with Crippen LogP contribution in [0.3, 0.4) is 0 Å². The molecular formula is C16H13F2N3O2. The first kappa shape index (κ1) is 16.3. The zero-order chi connectivity index (χ0) is 16.8. The highest BCUT2D eigenvalue weighted by Gasteiger charge is 2.16. The lowest BCUT2D eigenvalue weighted by molar-refractivity contribution is 0.0953. The largest absolute Gasteiger partial charge is 0.347 e. The van der Waals surface area contributed by atoms with Crippen LogP contribution < -0.4 is 10.6 Å². The molecule has 2 N–H and O–H groups in total. The first-order valence-corrected chi connectivity index (χ1v) is 6.64. The second-order valence-corrected chi connectivity index (χ2v) is 4.46. The maximum Gasteiger partial charge on any atom is 0.274 e. The molecule has 5 nitrogen and oxygen atoms in total. The van der Waals surface area contributed by atoms with Crippen LogP contribution in [-0.4, -0.2) is 23.3 Å². The summed E-state index contributed by atoms with van der Waals surface area (Å²) in [6, 6.07) is 7.42. The van der Waals surface area contributed by atoms with Crippen molar-refractivity contribution in [3.63, 3.8) is 0 Å². The van der Waals surface area contributed by atoms with Crippen molar-refractivity contribution in [2.45, 2.75) is 0 Å². The van der Waals surface area contributed by atoms with E-state index < -0.39 is 29.1 Å². The molecule has 2 rings (SSSR count). The highest BCUT2D eigenvalue weighted by molar-refractivity contribution is 6.04. The number of amides is 2. The fourth-order valence-corrected chi connectivity index (χ4v) is 1.74. The number of hydrogen-bond donors (Lipinski definition) is 2. The number of benzene rings is 1. The fraction of sp³-hybridized carbons (Fsp3) is 0.0625. The van der Waals surface area contributed by atoms with Crippen LogP contribution >= 0.6 is 0 Å². The molecule has 0 spiro atoms. The fourth-order valence-electron chi connectivity index (χ4n) is 1.74. The van der Waals surface area contributed by atoms with Crippen LogP contribution in [0.15, 0.2) is 49.1 Å². The van der Waals surface area contributed by atoms with Crippen molar-refractivity contribution in [1.29, 1.82) is 0 Å². The number of rotatable bonds is 5. The zero-order valence-corrected chi connectivity index (χ0v) is 12.0. The molecule has 1 heterocycles. The zero-order valence-electron chi connectivity index (χ0n) is 12.0. The van der Waals surface area contributed by atoms with E-state index in [4.69, 9.17) is 0 Å². The van der Waals surface area contributed by atoms with E-state index in [1.54, 1.807) is 0 Å². The molecule has 0 fully saturated rings. The van der Waals surface area contributed by atoms with E-state index in [9.17, 15) is 18.4 Å². The van der Waals surface area contributed by atoms with E-state index in [2.05, 4.69) is 22.2 Å². The van der Waals surface area contributed by atoms with Gasteiger partial charge in [0.1, 0.15) is 28.7 Å². The molecule has 0 aliphatic heterocycles. The van der Waals surface area contributed by atoms with Crippen LogP contribution in [0.4, 0.5) is 14.5 Å². The molecule has 0 bridgehead atoms. The van der Waals surface area contributed by atoms with E-state index in [-0.39, 0.29) is 17.9 Å². The van der Waals surface area contributed by atoms with Gasteiger partial charge >= 0.3 is 0 Å². The Kier molecular flexibility index (Phi) is 5.14. The number of carbonyl (C=O) groups excluding carboxylic acids is 2.